The molecule has 0 radical (unpaired) electrons. The Balaban J connectivity index is 2.18. The van der Waals surface area contributed by atoms with Gasteiger partial charge in [0.15, 0.2) is 0 Å². The van der Waals surface area contributed by atoms with Gasteiger partial charge in [-0.1, -0.05) is 0 Å². The van der Waals surface area contributed by atoms with E-state index in [0.717, 1.165) is 23.6 Å². The van der Waals surface area contributed by atoms with Gasteiger partial charge in [-0.25, -0.2) is 0 Å². The van der Waals surface area contributed by atoms with Crippen LogP contribution >= 0.6 is 11.8 Å². The van der Waals surface area contributed by atoms with Crippen molar-refractivity contribution in [1.29, 1.82) is 0 Å². The van der Waals surface area contributed by atoms with Crippen LogP contribution in [-0.4, -0.2) is 40.2 Å². The minimum Gasteiger partial charge on any atom is -0.468 e. The molecule has 0 aromatic carbocycles. The summed E-state index contributed by atoms with van der Waals surface area (Å²) in [6, 6.07) is 2.29. The van der Waals surface area contributed by atoms with Crippen molar-refractivity contribution in [3.05, 3.63) is 11.8 Å². The van der Waals surface area contributed by atoms with Crippen LogP contribution in [0, 0.1) is 12.8 Å². The molecule has 1 aromatic heterocycles. The fraction of sp³-hybridized carbons (Fsp3) is 0.733. The highest BCUT2D eigenvalue weighted by molar-refractivity contribution is 7.99. The lowest BCUT2D eigenvalue weighted by Crippen LogP contribution is -2.59. The monoisotopic (exact) mass is 311 g/mol. The molecular formula is C15H25N3O2S. The first-order valence-electron chi connectivity index (χ1n) is 7.38. The average molecular weight is 311 g/mol. The van der Waals surface area contributed by atoms with Crippen molar-refractivity contribution in [1.82, 2.24) is 15.1 Å². The number of hydrogen-bond donors (Lipinski definition) is 1. The van der Waals surface area contributed by atoms with E-state index in [2.05, 4.69) is 30.3 Å². The highest BCUT2D eigenvalue weighted by atomic mass is 32.2. The van der Waals surface area contributed by atoms with Gasteiger partial charge in [0, 0.05) is 18.8 Å². The van der Waals surface area contributed by atoms with E-state index in [1.807, 2.05) is 18.7 Å². The Labute approximate surface area is 130 Å². The van der Waals surface area contributed by atoms with Crippen LogP contribution < -0.4 is 5.32 Å². The number of nitrogens with zero attached hydrogens (tertiary/aromatic N) is 2. The highest BCUT2D eigenvalue weighted by Crippen LogP contribution is 2.43. The molecule has 118 valence electrons. The molecule has 1 aliphatic rings. The number of aromatic nitrogens is 2. The summed E-state index contributed by atoms with van der Waals surface area (Å²) in [7, 11) is 3.41. The first-order valence-corrected chi connectivity index (χ1v) is 8.37. The Morgan fingerprint density at radius 1 is 1.62 bits per heavy atom. The van der Waals surface area contributed by atoms with Gasteiger partial charge in [0.2, 0.25) is 0 Å². The smallest absolute Gasteiger partial charge is 0.327 e. The zero-order valence-electron chi connectivity index (χ0n) is 13.5. The minimum atomic E-state index is -0.592. The SMILES string of the molecule is COC(=O)C(CSc1cc(C)nn1C)(NC(C)C)C1CC1. The van der Waals surface area contributed by atoms with Crippen molar-refractivity contribution < 1.29 is 9.53 Å². The topological polar surface area (TPSA) is 56.1 Å². The van der Waals surface area contributed by atoms with Gasteiger partial charge in [-0.05, 0) is 45.6 Å². The number of nitrogens with one attached hydrogen (secondary N) is 1. The standard InChI is InChI=1S/C15H25N3O2S/c1-10(2)16-15(12-6-7-12,14(19)20-5)9-21-13-8-11(3)17-18(13)4/h8,10,12,16H,6-7,9H2,1-5H3. The van der Waals surface area contributed by atoms with Crippen molar-refractivity contribution in [2.75, 3.05) is 12.9 Å². The van der Waals surface area contributed by atoms with Gasteiger partial charge >= 0.3 is 5.97 Å². The lowest BCUT2D eigenvalue weighted by atomic mass is 9.94. The van der Waals surface area contributed by atoms with Crippen molar-refractivity contribution in [3.63, 3.8) is 0 Å². The van der Waals surface area contributed by atoms with E-state index in [0.29, 0.717) is 11.7 Å². The fourth-order valence-electron chi connectivity index (χ4n) is 2.74. The zero-order valence-corrected chi connectivity index (χ0v) is 14.3. The van der Waals surface area contributed by atoms with Crippen LogP contribution in [-0.2, 0) is 16.6 Å². The summed E-state index contributed by atoms with van der Waals surface area (Å²) in [4.78, 5) is 12.4. The third-order valence-corrected chi connectivity index (χ3v) is 5.05. The minimum absolute atomic E-state index is 0.148. The average Bonchev–Trinajstić information content (AvgIpc) is 3.20. The number of thioether (sulfide) groups is 1. The highest BCUT2D eigenvalue weighted by Gasteiger charge is 2.52. The van der Waals surface area contributed by atoms with Crippen LogP contribution in [0.1, 0.15) is 32.4 Å². The Hall–Kier alpha value is -1.01. The van der Waals surface area contributed by atoms with Crippen molar-refractivity contribution in [2.24, 2.45) is 13.0 Å². The lowest BCUT2D eigenvalue weighted by Gasteiger charge is -2.34. The summed E-state index contributed by atoms with van der Waals surface area (Å²) in [5.41, 5.74) is 0.401. The van der Waals surface area contributed by atoms with E-state index >= 15 is 0 Å². The molecule has 0 spiro atoms. The second kappa shape index (κ2) is 6.40. The van der Waals surface area contributed by atoms with Crippen LogP contribution in [0.5, 0.6) is 0 Å². The number of rotatable bonds is 7. The van der Waals surface area contributed by atoms with E-state index in [9.17, 15) is 4.79 Å². The van der Waals surface area contributed by atoms with Crippen LogP contribution in [0.3, 0.4) is 0 Å². The number of ether oxygens (including phenoxy) is 1. The van der Waals surface area contributed by atoms with Gasteiger partial charge < -0.3 is 4.74 Å². The maximum atomic E-state index is 12.4. The molecule has 6 heteroatoms. The zero-order chi connectivity index (χ0) is 15.6. The van der Waals surface area contributed by atoms with E-state index in [4.69, 9.17) is 4.74 Å². The number of aryl methyl sites for hydroxylation is 2. The predicted octanol–water partition coefficient (Wildman–Crippen LogP) is 2.14. The fourth-order valence-corrected chi connectivity index (χ4v) is 4.04. The molecular weight excluding hydrogens is 286 g/mol. The maximum Gasteiger partial charge on any atom is 0.327 e. The summed E-state index contributed by atoms with van der Waals surface area (Å²) < 4.78 is 6.97. The van der Waals surface area contributed by atoms with Crippen LogP contribution in [0.4, 0.5) is 0 Å². The molecule has 2 rings (SSSR count). The molecule has 0 saturated heterocycles. The normalized spacial score (nSPS) is 17.8. The third-order valence-electron chi connectivity index (χ3n) is 3.78. The molecule has 5 nitrogen and oxygen atoms in total. The summed E-state index contributed by atoms with van der Waals surface area (Å²) in [5, 5.41) is 8.91. The summed E-state index contributed by atoms with van der Waals surface area (Å²) in [6.45, 7) is 6.11. The maximum absolute atomic E-state index is 12.4. The van der Waals surface area contributed by atoms with E-state index in [1.165, 1.54) is 7.11 Å². The summed E-state index contributed by atoms with van der Waals surface area (Å²) >= 11 is 1.67. The Morgan fingerprint density at radius 3 is 2.71 bits per heavy atom. The van der Waals surface area contributed by atoms with E-state index in [-0.39, 0.29) is 12.0 Å². The molecule has 1 aliphatic carbocycles. The van der Waals surface area contributed by atoms with Crippen molar-refractivity contribution in [2.45, 2.75) is 50.2 Å². The molecule has 1 N–H and O–H groups in total. The number of carbonyl (C=O) groups is 1. The van der Waals surface area contributed by atoms with Gasteiger partial charge in [0.25, 0.3) is 0 Å². The number of hydrogen-bond acceptors (Lipinski definition) is 5. The Morgan fingerprint density at radius 2 is 2.29 bits per heavy atom. The first kappa shape index (κ1) is 16.4. The van der Waals surface area contributed by atoms with Crippen LogP contribution in [0.25, 0.3) is 0 Å². The molecule has 0 amide bonds. The summed E-state index contributed by atoms with van der Waals surface area (Å²) in [6.07, 6.45) is 2.17. The number of methoxy groups -OCH3 is 1. The number of esters is 1. The lowest BCUT2D eigenvalue weighted by molar-refractivity contribution is -0.148. The van der Waals surface area contributed by atoms with Crippen LogP contribution in [0.2, 0.25) is 0 Å². The van der Waals surface area contributed by atoms with E-state index < -0.39 is 5.54 Å². The van der Waals surface area contributed by atoms with E-state index in [1.54, 1.807) is 11.8 Å². The van der Waals surface area contributed by atoms with Crippen LogP contribution in [0.15, 0.2) is 11.1 Å². The molecule has 1 atom stereocenters. The number of carbonyl (C=O) groups excluding carboxylic acids is 1. The van der Waals surface area contributed by atoms with Crippen molar-refractivity contribution in [3.8, 4) is 0 Å². The Kier molecular flexibility index (Phi) is 4.99. The van der Waals surface area contributed by atoms with Gasteiger partial charge in [0.1, 0.15) is 5.54 Å². The van der Waals surface area contributed by atoms with Gasteiger partial charge in [-0.3, -0.25) is 14.8 Å². The molecule has 1 aromatic rings. The molecule has 1 unspecified atom stereocenters. The Bertz CT molecular complexity index is 511. The van der Waals surface area contributed by atoms with Crippen molar-refractivity contribution >= 4 is 17.7 Å². The second-order valence-electron chi connectivity index (χ2n) is 6.07. The largest absolute Gasteiger partial charge is 0.468 e. The molecule has 0 bridgehead atoms. The molecule has 21 heavy (non-hydrogen) atoms. The van der Waals surface area contributed by atoms with Gasteiger partial charge in [-0.2, -0.15) is 5.10 Å². The predicted molar refractivity (Wildman–Crippen MR) is 84.4 cm³/mol. The quantitative estimate of drug-likeness (QED) is 0.617. The molecule has 0 aliphatic heterocycles. The molecule has 1 heterocycles. The molecule has 1 saturated carbocycles. The van der Waals surface area contributed by atoms with Gasteiger partial charge in [0.05, 0.1) is 17.8 Å². The summed E-state index contributed by atoms with van der Waals surface area (Å²) in [5.74, 6) is 0.890. The second-order valence-corrected chi connectivity index (χ2v) is 7.07. The van der Waals surface area contributed by atoms with Gasteiger partial charge in [-0.15, -0.1) is 11.8 Å². The first-order chi connectivity index (χ1) is 9.89. The molecule has 1 fully saturated rings. The third kappa shape index (κ3) is 3.61.